The van der Waals surface area contributed by atoms with Gasteiger partial charge in [-0.25, -0.2) is 14.6 Å². The van der Waals surface area contributed by atoms with Crippen LogP contribution in [0.1, 0.15) is 40.4 Å². The van der Waals surface area contributed by atoms with Crippen LogP contribution < -0.4 is 10.6 Å². The van der Waals surface area contributed by atoms with Crippen LogP contribution in [0, 0.1) is 6.92 Å². The number of rotatable bonds is 7. The Kier molecular flexibility index (Phi) is 5.75. The van der Waals surface area contributed by atoms with Crippen molar-refractivity contribution >= 4 is 17.6 Å². The molecule has 0 atom stereocenters. The van der Waals surface area contributed by atoms with Gasteiger partial charge >= 0.3 is 6.18 Å². The number of carbonyl (C=O) groups excluding carboxylic acids is 2. The fourth-order valence-corrected chi connectivity index (χ4v) is 2.37. The van der Waals surface area contributed by atoms with Gasteiger partial charge in [-0.05, 0) is 18.1 Å². The molecule has 0 aliphatic carbocycles. The number of fused-ring (bicyclic) bond motifs is 1. The lowest BCUT2D eigenvalue weighted by atomic mass is 10.3. The Bertz CT molecular complexity index is 1030. The topological polar surface area (TPSA) is 127 Å². The van der Waals surface area contributed by atoms with Crippen LogP contribution in [0.25, 0.3) is 5.78 Å². The summed E-state index contributed by atoms with van der Waals surface area (Å²) in [5, 5.41) is 12.1. The van der Waals surface area contributed by atoms with Gasteiger partial charge in [0.25, 0.3) is 5.91 Å². The van der Waals surface area contributed by atoms with Crippen LogP contribution in [0.2, 0.25) is 0 Å². The number of amides is 2. The maximum atomic E-state index is 12.1. The molecule has 3 heterocycles. The first-order chi connectivity index (χ1) is 13.7. The molecule has 29 heavy (non-hydrogen) atoms. The van der Waals surface area contributed by atoms with Crippen molar-refractivity contribution < 1.29 is 27.4 Å². The molecular formula is C16H16F3N7O3. The molecule has 154 valence electrons. The zero-order chi connectivity index (χ0) is 21.0. The Morgan fingerprint density at radius 1 is 1.14 bits per heavy atom. The van der Waals surface area contributed by atoms with Gasteiger partial charge in [0.2, 0.25) is 11.7 Å². The molecule has 0 aliphatic heterocycles. The molecule has 3 aromatic heterocycles. The predicted octanol–water partition coefficient (Wildman–Crippen LogP) is 1.31. The van der Waals surface area contributed by atoms with E-state index in [2.05, 4.69) is 35.5 Å². The third-order valence-electron chi connectivity index (χ3n) is 3.83. The van der Waals surface area contributed by atoms with E-state index in [0.717, 1.165) is 0 Å². The van der Waals surface area contributed by atoms with Crippen molar-refractivity contribution in [2.24, 2.45) is 0 Å². The molecule has 0 aromatic carbocycles. The molecule has 0 aliphatic rings. The van der Waals surface area contributed by atoms with Crippen LogP contribution in [0.15, 0.2) is 23.1 Å². The van der Waals surface area contributed by atoms with Gasteiger partial charge in [0.05, 0.1) is 30.9 Å². The number of carbonyl (C=O) groups is 2. The van der Waals surface area contributed by atoms with Crippen molar-refractivity contribution in [1.29, 1.82) is 0 Å². The highest BCUT2D eigenvalue weighted by atomic mass is 19.4. The van der Waals surface area contributed by atoms with E-state index < -0.39 is 30.8 Å². The van der Waals surface area contributed by atoms with Gasteiger partial charge in [-0.1, -0.05) is 5.16 Å². The summed E-state index contributed by atoms with van der Waals surface area (Å²) in [5.41, 5.74) is 1.39. The molecule has 13 heteroatoms. The highest BCUT2D eigenvalue weighted by Crippen LogP contribution is 2.21. The Morgan fingerprint density at radius 3 is 2.55 bits per heavy atom. The molecule has 3 aromatic rings. The second-order valence-corrected chi connectivity index (χ2v) is 6.13. The maximum Gasteiger partial charge on any atom is 0.389 e. The van der Waals surface area contributed by atoms with Crippen molar-refractivity contribution in [1.82, 2.24) is 35.3 Å². The molecular weight excluding hydrogens is 395 g/mol. The number of halogens is 3. The van der Waals surface area contributed by atoms with E-state index in [4.69, 9.17) is 0 Å². The van der Waals surface area contributed by atoms with Gasteiger partial charge in [-0.2, -0.15) is 13.2 Å². The van der Waals surface area contributed by atoms with Crippen LogP contribution in [0.4, 0.5) is 13.2 Å². The second-order valence-electron chi connectivity index (χ2n) is 6.13. The molecule has 10 nitrogen and oxygen atoms in total. The minimum absolute atomic E-state index is 0.0233. The summed E-state index contributed by atoms with van der Waals surface area (Å²) in [5.74, 6) is -0.861. The Morgan fingerprint density at radius 2 is 1.86 bits per heavy atom. The van der Waals surface area contributed by atoms with E-state index in [9.17, 15) is 22.8 Å². The standard InChI is InChI=1S/C16H16F3N7O3/c1-9-13(25-29-24-9)14(28)21-7-11-8-26-5-3-10(22-15(26)23-11)6-20-12(27)2-4-16(17,18)19/h3,5,8H,2,4,6-7H2,1H3,(H,20,27)(H,21,28). The van der Waals surface area contributed by atoms with Gasteiger partial charge in [0.1, 0.15) is 5.69 Å². The van der Waals surface area contributed by atoms with Gasteiger partial charge in [-0.15, -0.1) is 0 Å². The molecule has 0 saturated carbocycles. The molecule has 2 amide bonds. The molecule has 0 saturated heterocycles. The van der Waals surface area contributed by atoms with Crippen molar-refractivity contribution in [3.05, 3.63) is 41.2 Å². The smallest absolute Gasteiger partial charge is 0.350 e. The molecule has 3 rings (SSSR count). The Balaban J connectivity index is 1.56. The number of alkyl halides is 3. The first-order valence-corrected chi connectivity index (χ1v) is 8.45. The number of hydrogen-bond acceptors (Lipinski definition) is 7. The van der Waals surface area contributed by atoms with Crippen LogP contribution in [-0.4, -0.2) is 42.7 Å². The molecule has 0 bridgehead atoms. The first kappa shape index (κ1) is 20.2. The summed E-state index contributed by atoms with van der Waals surface area (Å²) in [6.45, 7) is 1.67. The predicted molar refractivity (Wildman–Crippen MR) is 90.3 cm³/mol. The number of nitrogens with zero attached hydrogens (tertiary/aromatic N) is 5. The van der Waals surface area contributed by atoms with Crippen molar-refractivity contribution in [2.75, 3.05) is 0 Å². The number of aromatic nitrogens is 5. The lowest BCUT2D eigenvalue weighted by Gasteiger charge is -2.07. The fourth-order valence-electron chi connectivity index (χ4n) is 2.37. The van der Waals surface area contributed by atoms with Crippen molar-refractivity contribution in [3.8, 4) is 0 Å². The average Bonchev–Trinajstić information content (AvgIpc) is 3.27. The maximum absolute atomic E-state index is 12.1. The molecule has 0 spiro atoms. The molecule has 0 radical (unpaired) electrons. The minimum atomic E-state index is -4.38. The average molecular weight is 411 g/mol. The van der Waals surface area contributed by atoms with Gasteiger partial charge in [0.15, 0.2) is 5.69 Å². The summed E-state index contributed by atoms with van der Waals surface area (Å²) >= 11 is 0. The normalized spacial score (nSPS) is 11.6. The van der Waals surface area contributed by atoms with Crippen LogP contribution in [0.5, 0.6) is 0 Å². The monoisotopic (exact) mass is 411 g/mol. The number of hydrogen-bond donors (Lipinski definition) is 2. The lowest BCUT2D eigenvalue weighted by Crippen LogP contribution is -2.25. The van der Waals surface area contributed by atoms with E-state index >= 15 is 0 Å². The van der Waals surface area contributed by atoms with Crippen molar-refractivity contribution in [2.45, 2.75) is 39.0 Å². The van der Waals surface area contributed by atoms with E-state index in [1.54, 1.807) is 29.8 Å². The largest absolute Gasteiger partial charge is 0.389 e. The number of nitrogens with one attached hydrogen (secondary N) is 2. The molecule has 0 fully saturated rings. The van der Waals surface area contributed by atoms with Gasteiger partial charge < -0.3 is 10.6 Å². The van der Waals surface area contributed by atoms with E-state index in [-0.39, 0.29) is 18.8 Å². The summed E-state index contributed by atoms with van der Waals surface area (Å²) in [7, 11) is 0. The van der Waals surface area contributed by atoms with Gasteiger partial charge in [0, 0.05) is 18.8 Å². The van der Waals surface area contributed by atoms with Crippen LogP contribution >= 0.6 is 0 Å². The van der Waals surface area contributed by atoms with Crippen molar-refractivity contribution in [3.63, 3.8) is 0 Å². The molecule has 0 unspecified atom stereocenters. The SMILES string of the molecule is Cc1nonc1C(=O)NCc1cn2ccc(CNC(=O)CCC(F)(F)F)nc2n1. The number of aryl methyl sites for hydroxylation is 1. The third-order valence-corrected chi connectivity index (χ3v) is 3.83. The Hall–Kier alpha value is -3.51. The first-order valence-electron chi connectivity index (χ1n) is 8.45. The summed E-state index contributed by atoms with van der Waals surface area (Å²) in [6, 6.07) is 1.60. The van der Waals surface area contributed by atoms with Crippen LogP contribution in [0.3, 0.4) is 0 Å². The van der Waals surface area contributed by atoms with E-state index in [0.29, 0.717) is 22.9 Å². The lowest BCUT2D eigenvalue weighted by molar-refractivity contribution is -0.144. The third kappa shape index (κ3) is 5.49. The quantitative estimate of drug-likeness (QED) is 0.600. The zero-order valence-corrected chi connectivity index (χ0v) is 15.2. The van der Waals surface area contributed by atoms with E-state index in [1.807, 2.05) is 0 Å². The second kappa shape index (κ2) is 8.24. The fraction of sp³-hybridized carbons (Fsp3) is 0.375. The van der Waals surface area contributed by atoms with Gasteiger partial charge in [-0.3, -0.25) is 14.0 Å². The summed E-state index contributed by atoms with van der Waals surface area (Å²) < 4.78 is 42.5. The highest BCUT2D eigenvalue weighted by molar-refractivity contribution is 5.92. The molecule has 2 N–H and O–H groups in total. The van der Waals surface area contributed by atoms with Crippen LogP contribution in [-0.2, 0) is 17.9 Å². The minimum Gasteiger partial charge on any atom is -0.350 e. The Labute approximate surface area is 161 Å². The summed E-state index contributed by atoms with van der Waals surface area (Å²) in [4.78, 5) is 32.0. The zero-order valence-electron chi connectivity index (χ0n) is 15.2. The highest BCUT2D eigenvalue weighted by Gasteiger charge is 2.27. The summed E-state index contributed by atoms with van der Waals surface area (Å²) in [6.07, 6.45) is -2.89. The number of imidazole rings is 1. The van der Waals surface area contributed by atoms with E-state index in [1.165, 1.54) is 0 Å².